The number of hydrogen-bond donors (Lipinski definition) is 4. The maximum absolute atomic E-state index is 9.02. The second kappa shape index (κ2) is 7.13. The van der Waals surface area contributed by atoms with Gasteiger partial charge in [-0.3, -0.25) is 0 Å². The van der Waals surface area contributed by atoms with E-state index >= 15 is 0 Å². The minimum Gasteiger partial charge on any atom is -0.396 e. The molecule has 18 heavy (non-hydrogen) atoms. The van der Waals surface area contributed by atoms with Gasteiger partial charge in [-0.05, 0) is 19.3 Å². The first kappa shape index (κ1) is 14.7. The third-order valence-electron chi connectivity index (χ3n) is 2.73. The standard InChI is InChI=1S/C12H23N5O/c1-4-5-10-15-11(14-6-8(2)7-18)9(3)12(16-10)17-13/h8,18H,4-7,13H2,1-3H3,(H2,14,15,16,17). The fourth-order valence-electron chi connectivity index (χ4n) is 1.55. The fraction of sp³-hybridized carbons (Fsp3) is 0.667. The second-order valence-corrected chi connectivity index (χ2v) is 4.53. The highest BCUT2D eigenvalue weighted by Gasteiger charge is 2.10. The number of nitrogen functional groups attached to an aromatic ring is 1. The van der Waals surface area contributed by atoms with Crippen LogP contribution in [0.3, 0.4) is 0 Å². The van der Waals surface area contributed by atoms with E-state index in [0.717, 1.165) is 30.0 Å². The number of aromatic nitrogens is 2. The predicted octanol–water partition coefficient (Wildman–Crippen LogP) is 1.06. The average molecular weight is 253 g/mol. The van der Waals surface area contributed by atoms with Crippen LogP contribution in [0.4, 0.5) is 11.6 Å². The molecule has 6 heteroatoms. The van der Waals surface area contributed by atoms with Crippen LogP contribution >= 0.6 is 0 Å². The normalized spacial score (nSPS) is 12.3. The van der Waals surface area contributed by atoms with Gasteiger partial charge >= 0.3 is 0 Å². The topological polar surface area (TPSA) is 96.1 Å². The summed E-state index contributed by atoms with van der Waals surface area (Å²) in [6, 6.07) is 0. The maximum atomic E-state index is 9.02. The number of aliphatic hydroxyl groups is 1. The highest BCUT2D eigenvalue weighted by atomic mass is 16.3. The van der Waals surface area contributed by atoms with Crippen molar-refractivity contribution in [1.29, 1.82) is 0 Å². The number of hydrogen-bond acceptors (Lipinski definition) is 6. The van der Waals surface area contributed by atoms with Crippen molar-refractivity contribution in [2.24, 2.45) is 11.8 Å². The van der Waals surface area contributed by atoms with Gasteiger partial charge in [-0.25, -0.2) is 15.8 Å². The van der Waals surface area contributed by atoms with Crippen molar-refractivity contribution in [3.8, 4) is 0 Å². The molecule has 102 valence electrons. The molecule has 0 amide bonds. The molecule has 5 N–H and O–H groups in total. The van der Waals surface area contributed by atoms with Gasteiger partial charge in [-0.2, -0.15) is 0 Å². The molecule has 0 aliphatic rings. The molecule has 6 nitrogen and oxygen atoms in total. The van der Waals surface area contributed by atoms with Gasteiger partial charge in [0.15, 0.2) is 0 Å². The summed E-state index contributed by atoms with van der Waals surface area (Å²) in [6.07, 6.45) is 1.80. The van der Waals surface area contributed by atoms with E-state index in [1.165, 1.54) is 0 Å². The SMILES string of the molecule is CCCc1nc(NN)c(C)c(NCC(C)CO)n1. The van der Waals surface area contributed by atoms with Gasteiger partial charge in [0.1, 0.15) is 17.5 Å². The molecular weight excluding hydrogens is 230 g/mol. The van der Waals surface area contributed by atoms with Crippen molar-refractivity contribution in [2.45, 2.75) is 33.6 Å². The van der Waals surface area contributed by atoms with Crippen LogP contribution < -0.4 is 16.6 Å². The molecule has 1 heterocycles. The monoisotopic (exact) mass is 253 g/mol. The number of rotatable bonds is 7. The van der Waals surface area contributed by atoms with Crippen LogP contribution in [0, 0.1) is 12.8 Å². The van der Waals surface area contributed by atoms with Gasteiger partial charge in [0, 0.05) is 25.1 Å². The molecule has 1 aromatic heterocycles. The number of nitrogens with one attached hydrogen (secondary N) is 2. The summed E-state index contributed by atoms with van der Waals surface area (Å²) in [6.45, 7) is 6.79. The zero-order chi connectivity index (χ0) is 13.5. The Morgan fingerprint density at radius 3 is 2.56 bits per heavy atom. The number of anilines is 2. The lowest BCUT2D eigenvalue weighted by Crippen LogP contribution is -2.19. The summed E-state index contributed by atoms with van der Waals surface area (Å²) >= 11 is 0. The maximum Gasteiger partial charge on any atom is 0.148 e. The Hall–Kier alpha value is -1.40. The van der Waals surface area contributed by atoms with Crippen molar-refractivity contribution in [2.75, 3.05) is 23.9 Å². The Balaban J connectivity index is 2.90. The summed E-state index contributed by atoms with van der Waals surface area (Å²) in [5.41, 5.74) is 3.49. The molecule has 0 spiro atoms. The molecule has 1 rings (SSSR count). The Morgan fingerprint density at radius 1 is 1.33 bits per heavy atom. The van der Waals surface area contributed by atoms with Crippen LogP contribution in [0.5, 0.6) is 0 Å². The van der Waals surface area contributed by atoms with E-state index in [1.54, 1.807) is 0 Å². The molecular formula is C12H23N5O. The zero-order valence-corrected chi connectivity index (χ0v) is 11.3. The minimum absolute atomic E-state index is 0.154. The first-order valence-corrected chi connectivity index (χ1v) is 6.31. The highest BCUT2D eigenvalue weighted by Crippen LogP contribution is 2.19. The van der Waals surface area contributed by atoms with Crippen LogP contribution in [0.2, 0.25) is 0 Å². The first-order valence-electron chi connectivity index (χ1n) is 6.31. The summed E-state index contributed by atoms with van der Waals surface area (Å²) < 4.78 is 0. The van der Waals surface area contributed by atoms with Gasteiger partial charge in [0.2, 0.25) is 0 Å². The Labute approximate surface area is 108 Å². The van der Waals surface area contributed by atoms with Gasteiger partial charge in [0.05, 0.1) is 0 Å². The predicted molar refractivity (Wildman–Crippen MR) is 73.3 cm³/mol. The number of hydrazine groups is 1. The molecule has 0 saturated carbocycles. The molecule has 1 atom stereocenters. The lowest BCUT2D eigenvalue weighted by molar-refractivity contribution is 0.244. The van der Waals surface area contributed by atoms with Crippen molar-refractivity contribution in [3.63, 3.8) is 0 Å². The van der Waals surface area contributed by atoms with Gasteiger partial charge in [-0.15, -0.1) is 0 Å². The third-order valence-corrected chi connectivity index (χ3v) is 2.73. The van der Waals surface area contributed by atoms with Crippen molar-refractivity contribution < 1.29 is 5.11 Å². The molecule has 0 fully saturated rings. The Bertz CT molecular complexity index is 383. The third kappa shape index (κ3) is 3.82. The smallest absolute Gasteiger partial charge is 0.148 e. The molecule has 0 bridgehead atoms. The summed E-state index contributed by atoms with van der Waals surface area (Å²) in [4.78, 5) is 8.83. The fourth-order valence-corrected chi connectivity index (χ4v) is 1.55. The van der Waals surface area contributed by atoms with Gasteiger partial charge < -0.3 is 15.8 Å². The lowest BCUT2D eigenvalue weighted by atomic mass is 10.2. The molecule has 0 aromatic carbocycles. The van der Waals surface area contributed by atoms with E-state index in [0.29, 0.717) is 12.4 Å². The second-order valence-electron chi connectivity index (χ2n) is 4.53. The minimum atomic E-state index is 0.154. The van der Waals surface area contributed by atoms with E-state index in [9.17, 15) is 0 Å². The van der Waals surface area contributed by atoms with Crippen LogP contribution in [0.25, 0.3) is 0 Å². The molecule has 0 aliphatic carbocycles. The van der Waals surface area contributed by atoms with Crippen LogP contribution in [0.15, 0.2) is 0 Å². The zero-order valence-electron chi connectivity index (χ0n) is 11.3. The van der Waals surface area contributed by atoms with E-state index in [-0.39, 0.29) is 12.5 Å². The number of nitrogens with two attached hydrogens (primary N) is 1. The number of aryl methyl sites for hydroxylation is 1. The summed E-state index contributed by atoms with van der Waals surface area (Å²) in [5, 5.41) is 12.2. The van der Waals surface area contributed by atoms with Crippen LogP contribution in [0.1, 0.15) is 31.7 Å². The van der Waals surface area contributed by atoms with E-state index in [2.05, 4.69) is 27.6 Å². The molecule has 0 aliphatic heterocycles. The first-order chi connectivity index (χ1) is 8.62. The number of nitrogens with zero attached hydrogens (tertiary/aromatic N) is 2. The van der Waals surface area contributed by atoms with Gasteiger partial charge in [0.25, 0.3) is 0 Å². The summed E-state index contributed by atoms with van der Waals surface area (Å²) in [5.74, 6) is 7.84. The quantitative estimate of drug-likeness (QED) is 0.429. The molecule has 0 saturated heterocycles. The molecule has 1 unspecified atom stereocenters. The highest BCUT2D eigenvalue weighted by molar-refractivity contribution is 5.56. The lowest BCUT2D eigenvalue weighted by Gasteiger charge is -2.15. The van der Waals surface area contributed by atoms with E-state index in [4.69, 9.17) is 10.9 Å². The van der Waals surface area contributed by atoms with Gasteiger partial charge in [-0.1, -0.05) is 13.8 Å². The van der Waals surface area contributed by atoms with Crippen molar-refractivity contribution >= 4 is 11.6 Å². The van der Waals surface area contributed by atoms with Crippen LogP contribution in [-0.4, -0.2) is 28.2 Å². The van der Waals surface area contributed by atoms with Crippen molar-refractivity contribution in [3.05, 3.63) is 11.4 Å². The van der Waals surface area contributed by atoms with Crippen molar-refractivity contribution in [1.82, 2.24) is 9.97 Å². The largest absolute Gasteiger partial charge is 0.396 e. The Kier molecular flexibility index (Phi) is 5.80. The average Bonchev–Trinajstić information content (AvgIpc) is 2.38. The number of aliphatic hydroxyl groups excluding tert-OH is 1. The summed E-state index contributed by atoms with van der Waals surface area (Å²) in [7, 11) is 0. The van der Waals surface area contributed by atoms with Crippen LogP contribution in [-0.2, 0) is 6.42 Å². The van der Waals surface area contributed by atoms with E-state index < -0.39 is 0 Å². The molecule has 1 aromatic rings. The van der Waals surface area contributed by atoms with E-state index in [1.807, 2.05) is 13.8 Å². The molecule has 0 radical (unpaired) electrons. The Morgan fingerprint density at radius 2 is 2.00 bits per heavy atom.